The molecule has 2 aromatic rings. The van der Waals surface area contributed by atoms with Crippen molar-refractivity contribution in [3.05, 3.63) is 47.8 Å². The van der Waals surface area contributed by atoms with Crippen molar-refractivity contribution >= 4 is 17.5 Å². The van der Waals surface area contributed by atoms with Gasteiger partial charge in [-0.25, -0.2) is 9.97 Å². The lowest BCUT2D eigenvalue weighted by atomic mass is 10.1. The number of benzene rings is 1. The first kappa shape index (κ1) is 19.1. The summed E-state index contributed by atoms with van der Waals surface area (Å²) in [6.45, 7) is 10.3. The van der Waals surface area contributed by atoms with Crippen molar-refractivity contribution in [1.82, 2.24) is 14.9 Å². The largest absolute Gasteiger partial charge is 0.368 e. The lowest BCUT2D eigenvalue weighted by Gasteiger charge is -2.36. The third-order valence-electron chi connectivity index (χ3n) is 4.81. The molecule has 1 aromatic heterocycles. The number of anilines is 2. The lowest BCUT2D eigenvalue weighted by Crippen LogP contribution is -2.49. The number of nitrogens with one attached hydrogen (secondary N) is 1. The van der Waals surface area contributed by atoms with Crippen LogP contribution in [0.4, 0.5) is 11.6 Å². The van der Waals surface area contributed by atoms with Gasteiger partial charge in [0.25, 0.3) is 5.91 Å². The van der Waals surface area contributed by atoms with Crippen LogP contribution in [0.1, 0.15) is 36.3 Å². The van der Waals surface area contributed by atoms with Crippen LogP contribution >= 0.6 is 0 Å². The van der Waals surface area contributed by atoms with Gasteiger partial charge in [0, 0.05) is 44.6 Å². The van der Waals surface area contributed by atoms with Gasteiger partial charge in [-0.05, 0) is 43.0 Å². The summed E-state index contributed by atoms with van der Waals surface area (Å²) >= 11 is 0. The smallest absolute Gasteiger partial charge is 0.272 e. The number of hydrogen-bond donors (Lipinski definition) is 1. The number of aromatic nitrogens is 2. The minimum absolute atomic E-state index is 0.0202. The van der Waals surface area contributed by atoms with Gasteiger partial charge in [0.05, 0.1) is 0 Å². The van der Waals surface area contributed by atoms with Crippen LogP contribution in [0.5, 0.6) is 0 Å². The first-order valence-corrected chi connectivity index (χ1v) is 9.71. The number of carbonyl (C=O) groups excluding carboxylic acids is 1. The summed E-state index contributed by atoms with van der Waals surface area (Å²) in [4.78, 5) is 25.7. The molecule has 3 rings (SSSR count). The number of rotatable bonds is 6. The molecule has 0 atom stereocenters. The fourth-order valence-corrected chi connectivity index (χ4v) is 3.19. The van der Waals surface area contributed by atoms with E-state index in [-0.39, 0.29) is 5.91 Å². The Balaban J connectivity index is 1.57. The Morgan fingerprint density at radius 3 is 2.67 bits per heavy atom. The van der Waals surface area contributed by atoms with Crippen molar-refractivity contribution in [2.75, 3.05) is 42.9 Å². The maximum absolute atomic E-state index is 12.8. The molecule has 1 fully saturated rings. The number of piperazine rings is 1. The fraction of sp³-hybridized carbons (Fsp3) is 0.476. The minimum Gasteiger partial charge on any atom is -0.368 e. The first-order chi connectivity index (χ1) is 13.0. The molecule has 0 bridgehead atoms. The summed E-state index contributed by atoms with van der Waals surface area (Å²) in [7, 11) is 0. The summed E-state index contributed by atoms with van der Waals surface area (Å²) in [5.41, 5.74) is 2.94. The number of aryl methyl sites for hydroxylation is 1. The van der Waals surface area contributed by atoms with Crippen molar-refractivity contribution in [3.8, 4) is 0 Å². The third kappa shape index (κ3) is 5.18. The van der Waals surface area contributed by atoms with E-state index in [0.29, 0.717) is 30.6 Å². The second-order valence-electron chi connectivity index (χ2n) is 7.49. The zero-order chi connectivity index (χ0) is 19.2. The van der Waals surface area contributed by atoms with Crippen molar-refractivity contribution in [3.63, 3.8) is 0 Å². The Morgan fingerprint density at radius 2 is 1.96 bits per heavy atom. The summed E-state index contributed by atoms with van der Waals surface area (Å²) in [5.74, 6) is 1.13. The fourth-order valence-electron chi connectivity index (χ4n) is 3.19. The maximum Gasteiger partial charge on any atom is 0.272 e. The Bertz CT molecular complexity index is 769. The third-order valence-corrected chi connectivity index (χ3v) is 4.81. The monoisotopic (exact) mass is 367 g/mol. The molecule has 1 aliphatic rings. The van der Waals surface area contributed by atoms with E-state index in [2.05, 4.69) is 65.2 Å². The molecule has 144 valence electrons. The topological polar surface area (TPSA) is 61.4 Å². The molecule has 0 aliphatic carbocycles. The molecule has 1 aliphatic heterocycles. The van der Waals surface area contributed by atoms with E-state index in [9.17, 15) is 4.79 Å². The van der Waals surface area contributed by atoms with E-state index in [1.165, 1.54) is 11.3 Å². The van der Waals surface area contributed by atoms with E-state index in [1.54, 1.807) is 12.3 Å². The van der Waals surface area contributed by atoms with Crippen LogP contribution in [0.2, 0.25) is 0 Å². The molecule has 1 aromatic carbocycles. The van der Waals surface area contributed by atoms with E-state index in [4.69, 9.17) is 0 Å². The molecular formula is C21H29N5O. The van der Waals surface area contributed by atoms with Gasteiger partial charge in [0.2, 0.25) is 5.95 Å². The van der Waals surface area contributed by atoms with Gasteiger partial charge in [-0.3, -0.25) is 4.79 Å². The Labute approximate surface area is 161 Å². The van der Waals surface area contributed by atoms with Crippen LogP contribution in [0.15, 0.2) is 36.5 Å². The van der Waals surface area contributed by atoms with Gasteiger partial charge in [-0.15, -0.1) is 0 Å². The summed E-state index contributed by atoms with van der Waals surface area (Å²) < 4.78 is 0. The highest BCUT2D eigenvalue weighted by Crippen LogP contribution is 2.18. The van der Waals surface area contributed by atoms with Gasteiger partial charge < -0.3 is 15.1 Å². The van der Waals surface area contributed by atoms with Gasteiger partial charge in [-0.2, -0.15) is 0 Å². The number of nitrogens with zero attached hydrogens (tertiary/aromatic N) is 4. The van der Waals surface area contributed by atoms with Crippen molar-refractivity contribution in [2.24, 2.45) is 5.92 Å². The molecule has 1 amide bonds. The molecule has 6 heteroatoms. The highest BCUT2D eigenvalue weighted by molar-refractivity contribution is 5.92. The van der Waals surface area contributed by atoms with Gasteiger partial charge in [-0.1, -0.05) is 26.0 Å². The second kappa shape index (κ2) is 8.84. The molecule has 2 heterocycles. The second-order valence-corrected chi connectivity index (χ2v) is 7.49. The van der Waals surface area contributed by atoms with E-state index in [1.807, 2.05) is 4.90 Å². The molecule has 0 unspecified atom stereocenters. The highest BCUT2D eigenvalue weighted by Gasteiger charge is 2.23. The van der Waals surface area contributed by atoms with Crippen LogP contribution < -0.4 is 10.2 Å². The number of carbonyl (C=O) groups is 1. The standard InChI is InChI=1S/C21H29N5O/c1-16(2)7-9-22-21-23-10-8-19(24-21)20(27)26-13-11-25(12-14-26)18-6-4-5-17(3)15-18/h4-6,8,10,15-16H,7,9,11-14H2,1-3H3,(H,22,23,24). The molecule has 27 heavy (non-hydrogen) atoms. The number of hydrogen-bond acceptors (Lipinski definition) is 5. The average molecular weight is 367 g/mol. The zero-order valence-corrected chi connectivity index (χ0v) is 16.5. The van der Waals surface area contributed by atoms with Crippen LogP contribution in [0.25, 0.3) is 0 Å². The van der Waals surface area contributed by atoms with E-state index < -0.39 is 0 Å². The molecule has 0 saturated carbocycles. The first-order valence-electron chi connectivity index (χ1n) is 9.71. The lowest BCUT2D eigenvalue weighted by molar-refractivity contribution is 0.0741. The Hall–Kier alpha value is -2.63. The van der Waals surface area contributed by atoms with Gasteiger partial charge in [0.15, 0.2) is 0 Å². The predicted octanol–water partition coefficient (Wildman–Crippen LogP) is 3.21. The minimum atomic E-state index is -0.0202. The van der Waals surface area contributed by atoms with E-state index in [0.717, 1.165) is 26.1 Å². The summed E-state index contributed by atoms with van der Waals surface area (Å²) in [6, 6.07) is 10.2. The predicted molar refractivity (Wildman–Crippen MR) is 109 cm³/mol. The molecule has 0 spiro atoms. The molecule has 6 nitrogen and oxygen atoms in total. The zero-order valence-electron chi connectivity index (χ0n) is 16.5. The van der Waals surface area contributed by atoms with Crippen LogP contribution in [-0.2, 0) is 0 Å². The quantitative estimate of drug-likeness (QED) is 0.849. The average Bonchev–Trinajstić information content (AvgIpc) is 2.67. The van der Waals surface area contributed by atoms with Gasteiger partial charge >= 0.3 is 0 Å². The summed E-state index contributed by atoms with van der Waals surface area (Å²) in [5, 5.41) is 3.21. The Kier molecular flexibility index (Phi) is 6.27. The Morgan fingerprint density at radius 1 is 1.19 bits per heavy atom. The molecule has 0 radical (unpaired) electrons. The van der Waals surface area contributed by atoms with Crippen LogP contribution in [0.3, 0.4) is 0 Å². The van der Waals surface area contributed by atoms with Crippen LogP contribution in [-0.4, -0.2) is 53.5 Å². The van der Waals surface area contributed by atoms with Crippen molar-refractivity contribution in [2.45, 2.75) is 27.2 Å². The molecule has 1 N–H and O–H groups in total. The molecular weight excluding hydrogens is 338 g/mol. The normalized spacial score (nSPS) is 14.5. The maximum atomic E-state index is 12.8. The van der Waals surface area contributed by atoms with E-state index >= 15 is 0 Å². The van der Waals surface area contributed by atoms with Crippen molar-refractivity contribution < 1.29 is 4.79 Å². The molecule has 1 saturated heterocycles. The van der Waals surface area contributed by atoms with Crippen molar-refractivity contribution in [1.29, 1.82) is 0 Å². The summed E-state index contributed by atoms with van der Waals surface area (Å²) in [6.07, 6.45) is 2.70. The van der Waals surface area contributed by atoms with Crippen LogP contribution in [0, 0.1) is 12.8 Å². The van der Waals surface area contributed by atoms with Gasteiger partial charge in [0.1, 0.15) is 5.69 Å². The number of amides is 1. The SMILES string of the molecule is Cc1cccc(N2CCN(C(=O)c3ccnc(NCCC(C)C)n3)CC2)c1. The highest BCUT2D eigenvalue weighted by atomic mass is 16.2.